The van der Waals surface area contributed by atoms with Crippen molar-refractivity contribution < 1.29 is 0 Å². The number of nitrogens with zero attached hydrogens (tertiary/aromatic N) is 2. The van der Waals surface area contributed by atoms with Gasteiger partial charge in [0.1, 0.15) is 0 Å². The molecular formula is C13H13N3S. The zero-order valence-corrected chi connectivity index (χ0v) is 10.4. The van der Waals surface area contributed by atoms with E-state index in [0.717, 1.165) is 29.4 Å². The first-order valence-corrected chi connectivity index (χ1v) is 6.37. The molecule has 1 aromatic heterocycles. The fourth-order valence-electron chi connectivity index (χ4n) is 1.43. The van der Waals surface area contributed by atoms with Gasteiger partial charge in [0, 0.05) is 11.9 Å². The van der Waals surface area contributed by atoms with Gasteiger partial charge in [0.05, 0.1) is 17.3 Å². The lowest BCUT2D eigenvalue weighted by atomic mass is 10.1. The number of nitrogens with one attached hydrogen (secondary N) is 1. The van der Waals surface area contributed by atoms with Crippen LogP contribution >= 0.6 is 11.3 Å². The van der Waals surface area contributed by atoms with Gasteiger partial charge in [0.15, 0.2) is 5.13 Å². The summed E-state index contributed by atoms with van der Waals surface area (Å²) in [6, 6.07) is 9.68. The van der Waals surface area contributed by atoms with Gasteiger partial charge in [0.2, 0.25) is 0 Å². The number of aromatic nitrogens is 1. The number of benzene rings is 1. The smallest absolute Gasteiger partial charge is 0.183 e. The third-order valence-corrected chi connectivity index (χ3v) is 3.29. The molecule has 0 fully saturated rings. The zero-order valence-electron chi connectivity index (χ0n) is 9.60. The Balaban J connectivity index is 1.95. The molecule has 0 bridgehead atoms. The molecule has 0 aliphatic heterocycles. The van der Waals surface area contributed by atoms with Crippen LogP contribution in [0.15, 0.2) is 29.6 Å². The highest BCUT2D eigenvalue weighted by molar-refractivity contribution is 7.13. The van der Waals surface area contributed by atoms with Crippen LogP contribution in [0.1, 0.15) is 23.7 Å². The highest BCUT2D eigenvalue weighted by atomic mass is 32.1. The van der Waals surface area contributed by atoms with Crippen LogP contribution in [0.25, 0.3) is 0 Å². The molecule has 1 heterocycles. The van der Waals surface area contributed by atoms with Crippen molar-refractivity contribution in [3.8, 4) is 6.07 Å². The Morgan fingerprint density at radius 1 is 1.35 bits per heavy atom. The number of anilines is 1. The topological polar surface area (TPSA) is 48.7 Å². The SMILES string of the molecule is CCc1csc(NCc2ccc(C#N)cc2)n1. The van der Waals surface area contributed by atoms with Gasteiger partial charge in [-0.2, -0.15) is 5.26 Å². The molecule has 0 saturated heterocycles. The Labute approximate surface area is 105 Å². The third kappa shape index (κ3) is 3.05. The fraction of sp³-hybridized carbons (Fsp3) is 0.231. The van der Waals surface area contributed by atoms with E-state index in [1.54, 1.807) is 11.3 Å². The Morgan fingerprint density at radius 2 is 2.12 bits per heavy atom. The number of aryl methyl sites for hydroxylation is 1. The van der Waals surface area contributed by atoms with Gasteiger partial charge in [-0.25, -0.2) is 4.98 Å². The molecule has 0 atom stereocenters. The highest BCUT2D eigenvalue weighted by Gasteiger charge is 2.00. The average molecular weight is 243 g/mol. The molecule has 2 rings (SSSR count). The Hall–Kier alpha value is -1.86. The minimum Gasteiger partial charge on any atom is -0.357 e. The van der Waals surface area contributed by atoms with Gasteiger partial charge in [-0.1, -0.05) is 19.1 Å². The van der Waals surface area contributed by atoms with E-state index in [2.05, 4.69) is 28.7 Å². The van der Waals surface area contributed by atoms with Crippen LogP contribution in [-0.4, -0.2) is 4.98 Å². The summed E-state index contributed by atoms with van der Waals surface area (Å²) >= 11 is 1.63. The molecule has 0 aliphatic rings. The summed E-state index contributed by atoms with van der Waals surface area (Å²) in [4.78, 5) is 4.43. The van der Waals surface area contributed by atoms with Gasteiger partial charge in [0.25, 0.3) is 0 Å². The van der Waals surface area contributed by atoms with Crippen LogP contribution in [0.3, 0.4) is 0 Å². The standard InChI is InChI=1S/C13H13N3S/c1-2-12-9-17-13(16-12)15-8-11-5-3-10(7-14)4-6-11/h3-6,9H,2,8H2,1H3,(H,15,16). The van der Waals surface area contributed by atoms with Crippen LogP contribution in [0.4, 0.5) is 5.13 Å². The van der Waals surface area contributed by atoms with Gasteiger partial charge < -0.3 is 5.32 Å². The number of thiazole rings is 1. The quantitative estimate of drug-likeness (QED) is 0.897. The lowest BCUT2D eigenvalue weighted by Gasteiger charge is -2.02. The fourth-order valence-corrected chi connectivity index (χ4v) is 2.22. The molecule has 86 valence electrons. The van der Waals surface area contributed by atoms with Crippen molar-refractivity contribution in [3.63, 3.8) is 0 Å². The summed E-state index contributed by atoms with van der Waals surface area (Å²) in [5.74, 6) is 0. The van der Waals surface area contributed by atoms with Crippen LogP contribution in [-0.2, 0) is 13.0 Å². The van der Waals surface area contributed by atoms with Crippen molar-refractivity contribution in [2.45, 2.75) is 19.9 Å². The second-order valence-corrected chi connectivity index (χ2v) is 4.52. The number of rotatable bonds is 4. The summed E-state index contributed by atoms with van der Waals surface area (Å²) < 4.78 is 0. The first-order valence-electron chi connectivity index (χ1n) is 5.49. The minimum absolute atomic E-state index is 0.691. The van der Waals surface area contributed by atoms with E-state index in [4.69, 9.17) is 5.26 Å². The molecule has 0 saturated carbocycles. The predicted molar refractivity (Wildman–Crippen MR) is 70.0 cm³/mol. The third-order valence-electron chi connectivity index (χ3n) is 2.44. The molecule has 0 aliphatic carbocycles. The summed E-state index contributed by atoms with van der Waals surface area (Å²) in [6.45, 7) is 2.84. The summed E-state index contributed by atoms with van der Waals surface area (Å²) in [5.41, 5.74) is 2.96. The Kier molecular flexibility index (Phi) is 3.73. The normalized spacial score (nSPS) is 9.88. The molecule has 0 spiro atoms. The van der Waals surface area contributed by atoms with E-state index in [9.17, 15) is 0 Å². The van der Waals surface area contributed by atoms with Crippen molar-refractivity contribution in [2.75, 3.05) is 5.32 Å². The maximum Gasteiger partial charge on any atom is 0.183 e. The molecule has 0 radical (unpaired) electrons. The van der Waals surface area contributed by atoms with Gasteiger partial charge in [-0.3, -0.25) is 0 Å². The maximum atomic E-state index is 8.69. The number of hydrogen-bond donors (Lipinski definition) is 1. The van der Waals surface area contributed by atoms with Crippen LogP contribution < -0.4 is 5.32 Å². The van der Waals surface area contributed by atoms with Gasteiger partial charge >= 0.3 is 0 Å². The maximum absolute atomic E-state index is 8.69. The molecule has 1 N–H and O–H groups in total. The lowest BCUT2D eigenvalue weighted by Crippen LogP contribution is -1.99. The summed E-state index contributed by atoms with van der Waals surface area (Å²) in [5, 5.41) is 15.0. The van der Waals surface area contributed by atoms with E-state index < -0.39 is 0 Å². The van der Waals surface area contributed by atoms with Crippen LogP contribution in [0.5, 0.6) is 0 Å². The van der Waals surface area contributed by atoms with Crippen LogP contribution in [0.2, 0.25) is 0 Å². The summed E-state index contributed by atoms with van der Waals surface area (Å²) in [6.07, 6.45) is 0.967. The molecule has 1 aromatic carbocycles. The molecular weight excluding hydrogens is 230 g/mol. The van der Waals surface area contributed by atoms with Crippen molar-refractivity contribution in [2.24, 2.45) is 0 Å². The highest BCUT2D eigenvalue weighted by Crippen LogP contribution is 2.16. The number of hydrogen-bond acceptors (Lipinski definition) is 4. The molecule has 17 heavy (non-hydrogen) atoms. The van der Waals surface area contributed by atoms with Gasteiger partial charge in [-0.05, 0) is 24.1 Å². The second kappa shape index (κ2) is 5.46. The van der Waals surface area contributed by atoms with E-state index in [1.807, 2.05) is 24.3 Å². The van der Waals surface area contributed by atoms with Crippen molar-refractivity contribution in [3.05, 3.63) is 46.5 Å². The summed E-state index contributed by atoms with van der Waals surface area (Å²) in [7, 11) is 0. The van der Waals surface area contributed by atoms with Crippen LogP contribution in [0, 0.1) is 11.3 Å². The molecule has 0 unspecified atom stereocenters. The van der Waals surface area contributed by atoms with Crippen molar-refractivity contribution >= 4 is 16.5 Å². The molecule has 2 aromatic rings. The van der Waals surface area contributed by atoms with Crippen molar-refractivity contribution in [1.29, 1.82) is 5.26 Å². The lowest BCUT2D eigenvalue weighted by molar-refractivity contribution is 1.05. The molecule has 3 nitrogen and oxygen atoms in total. The predicted octanol–water partition coefficient (Wildman–Crippen LogP) is 3.19. The van der Waals surface area contributed by atoms with E-state index in [0.29, 0.717) is 5.56 Å². The molecule has 0 amide bonds. The molecule has 4 heteroatoms. The van der Waals surface area contributed by atoms with E-state index in [-0.39, 0.29) is 0 Å². The first-order chi connectivity index (χ1) is 8.31. The first kappa shape index (κ1) is 11.6. The number of nitriles is 1. The minimum atomic E-state index is 0.691. The Morgan fingerprint density at radius 3 is 2.71 bits per heavy atom. The van der Waals surface area contributed by atoms with Crippen molar-refractivity contribution in [1.82, 2.24) is 4.98 Å². The second-order valence-electron chi connectivity index (χ2n) is 3.66. The Bertz CT molecular complexity index is 522. The van der Waals surface area contributed by atoms with E-state index in [1.165, 1.54) is 0 Å². The average Bonchev–Trinajstić information content (AvgIpc) is 2.85. The zero-order chi connectivity index (χ0) is 12.1. The van der Waals surface area contributed by atoms with E-state index >= 15 is 0 Å². The van der Waals surface area contributed by atoms with Gasteiger partial charge in [-0.15, -0.1) is 11.3 Å². The largest absolute Gasteiger partial charge is 0.357 e. The monoisotopic (exact) mass is 243 g/mol.